The van der Waals surface area contributed by atoms with Crippen LogP contribution in [0.4, 0.5) is 4.79 Å². The van der Waals surface area contributed by atoms with Crippen molar-refractivity contribution in [2.75, 3.05) is 32.7 Å². The summed E-state index contributed by atoms with van der Waals surface area (Å²) in [5, 5.41) is 0. The summed E-state index contributed by atoms with van der Waals surface area (Å²) >= 11 is 0. The van der Waals surface area contributed by atoms with Gasteiger partial charge < -0.3 is 15.4 Å². The monoisotopic (exact) mass is 297 g/mol. The predicted molar refractivity (Wildman–Crippen MR) is 84.2 cm³/mol. The minimum Gasteiger partial charge on any atom is -0.444 e. The number of piperazine rings is 1. The summed E-state index contributed by atoms with van der Waals surface area (Å²) in [5.74, 6) is 0.790. The van der Waals surface area contributed by atoms with Gasteiger partial charge >= 0.3 is 6.09 Å². The number of hydrogen-bond acceptors (Lipinski definition) is 4. The van der Waals surface area contributed by atoms with Crippen LogP contribution in [-0.4, -0.2) is 60.3 Å². The van der Waals surface area contributed by atoms with Crippen molar-refractivity contribution < 1.29 is 9.53 Å². The van der Waals surface area contributed by atoms with Crippen molar-refractivity contribution in [3.05, 3.63) is 0 Å². The standard InChI is InChI=1S/C16H31N3O2/c1-16(2,3)21-15(20)19-10-8-18(9-11-19)12-13-4-6-14(17)7-5-13/h13-14H,4-12,17H2,1-3H3/t13-,14-. The van der Waals surface area contributed by atoms with Gasteiger partial charge in [0, 0.05) is 38.8 Å². The van der Waals surface area contributed by atoms with Crippen molar-refractivity contribution in [1.29, 1.82) is 0 Å². The molecule has 21 heavy (non-hydrogen) atoms. The molecule has 5 nitrogen and oxygen atoms in total. The second-order valence-electron chi connectivity index (χ2n) is 7.55. The second kappa shape index (κ2) is 6.97. The maximum atomic E-state index is 12.0. The predicted octanol–water partition coefficient (Wildman–Crippen LogP) is 2.06. The number of nitrogens with zero attached hydrogens (tertiary/aromatic N) is 2. The summed E-state index contributed by atoms with van der Waals surface area (Å²) in [6.07, 6.45) is 4.68. The van der Waals surface area contributed by atoms with Crippen molar-refractivity contribution in [3.8, 4) is 0 Å². The number of hydrogen-bond donors (Lipinski definition) is 1. The molecule has 0 unspecified atom stereocenters. The van der Waals surface area contributed by atoms with E-state index in [4.69, 9.17) is 10.5 Å². The Balaban J connectivity index is 1.69. The highest BCUT2D eigenvalue weighted by Gasteiger charge is 2.27. The van der Waals surface area contributed by atoms with Crippen molar-refractivity contribution in [3.63, 3.8) is 0 Å². The Hall–Kier alpha value is -0.810. The van der Waals surface area contributed by atoms with Gasteiger partial charge in [-0.15, -0.1) is 0 Å². The molecule has 0 spiro atoms. The lowest BCUT2D eigenvalue weighted by Crippen LogP contribution is -2.51. The van der Waals surface area contributed by atoms with Gasteiger partial charge in [-0.1, -0.05) is 0 Å². The maximum Gasteiger partial charge on any atom is 0.410 e. The summed E-state index contributed by atoms with van der Waals surface area (Å²) in [6, 6.07) is 0.422. The Labute approximate surface area is 128 Å². The Morgan fingerprint density at radius 3 is 2.19 bits per heavy atom. The molecule has 0 aromatic heterocycles. The van der Waals surface area contributed by atoms with Crippen LogP contribution in [0.25, 0.3) is 0 Å². The fourth-order valence-electron chi connectivity index (χ4n) is 3.18. The quantitative estimate of drug-likeness (QED) is 0.847. The first-order valence-electron chi connectivity index (χ1n) is 8.29. The molecule has 1 amide bonds. The molecule has 0 atom stereocenters. The molecule has 2 aliphatic rings. The van der Waals surface area contributed by atoms with Crippen LogP contribution in [0.1, 0.15) is 46.5 Å². The minimum atomic E-state index is -0.408. The number of rotatable bonds is 2. The van der Waals surface area contributed by atoms with Crippen LogP contribution < -0.4 is 5.73 Å². The first-order valence-corrected chi connectivity index (χ1v) is 8.29. The van der Waals surface area contributed by atoms with Gasteiger partial charge in [0.25, 0.3) is 0 Å². The largest absolute Gasteiger partial charge is 0.444 e. The van der Waals surface area contributed by atoms with Crippen LogP contribution in [0.2, 0.25) is 0 Å². The summed E-state index contributed by atoms with van der Waals surface area (Å²) in [7, 11) is 0. The molecule has 0 radical (unpaired) electrons. The third kappa shape index (κ3) is 5.47. The van der Waals surface area contributed by atoms with Crippen molar-refractivity contribution in [1.82, 2.24) is 9.80 Å². The molecule has 122 valence electrons. The molecule has 0 aromatic rings. The molecule has 2 rings (SSSR count). The van der Waals surface area contributed by atoms with Gasteiger partial charge in [-0.2, -0.15) is 0 Å². The van der Waals surface area contributed by atoms with E-state index in [-0.39, 0.29) is 6.09 Å². The fraction of sp³-hybridized carbons (Fsp3) is 0.938. The molecule has 1 aliphatic heterocycles. The number of ether oxygens (including phenoxy) is 1. The maximum absolute atomic E-state index is 12.0. The summed E-state index contributed by atoms with van der Waals surface area (Å²) in [6.45, 7) is 10.4. The molecule has 1 aliphatic carbocycles. The molecule has 0 aromatic carbocycles. The average Bonchev–Trinajstić information content (AvgIpc) is 2.40. The Morgan fingerprint density at radius 2 is 1.67 bits per heavy atom. The zero-order chi connectivity index (χ0) is 15.5. The van der Waals surface area contributed by atoms with Gasteiger partial charge in [0.2, 0.25) is 0 Å². The molecule has 1 saturated heterocycles. The Morgan fingerprint density at radius 1 is 1.10 bits per heavy atom. The van der Waals surface area contributed by atoms with Crippen LogP contribution in [0.5, 0.6) is 0 Å². The first-order chi connectivity index (χ1) is 9.83. The zero-order valence-electron chi connectivity index (χ0n) is 13.8. The molecular formula is C16H31N3O2. The number of carbonyl (C=O) groups is 1. The molecule has 1 saturated carbocycles. The lowest BCUT2D eigenvalue weighted by atomic mass is 9.86. The van der Waals surface area contributed by atoms with E-state index >= 15 is 0 Å². The summed E-state index contributed by atoms with van der Waals surface area (Å²) in [5.41, 5.74) is 5.55. The van der Waals surface area contributed by atoms with E-state index in [0.29, 0.717) is 6.04 Å². The number of amides is 1. The van der Waals surface area contributed by atoms with Gasteiger partial charge in [-0.25, -0.2) is 4.79 Å². The third-order valence-corrected chi connectivity index (χ3v) is 4.43. The van der Waals surface area contributed by atoms with E-state index in [2.05, 4.69) is 4.90 Å². The molecule has 1 heterocycles. The van der Waals surface area contributed by atoms with E-state index in [0.717, 1.165) is 38.6 Å². The second-order valence-corrected chi connectivity index (χ2v) is 7.55. The summed E-state index contributed by atoms with van der Waals surface area (Å²) < 4.78 is 5.43. The van der Waals surface area contributed by atoms with E-state index < -0.39 is 5.60 Å². The van der Waals surface area contributed by atoms with E-state index in [1.54, 1.807) is 0 Å². The normalized spacial score (nSPS) is 28.5. The van der Waals surface area contributed by atoms with Crippen LogP contribution in [0, 0.1) is 5.92 Å². The van der Waals surface area contributed by atoms with Gasteiger partial charge in [0.15, 0.2) is 0 Å². The van der Waals surface area contributed by atoms with Gasteiger partial charge in [-0.05, 0) is 52.4 Å². The highest BCUT2D eigenvalue weighted by atomic mass is 16.6. The van der Waals surface area contributed by atoms with Crippen molar-refractivity contribution in [2.45, 2.75) is 58.1 Å². The molecule has 0 bridgehead atoms. The minimum absolute atomic E-state index is 0.175. The third-order valence-electron chi connectivity index (χ3n) is 4.43. The fourth-order valence-corrected chi connectivity index (χ4v) is 3.18. The Kier molecular flexibility index (Phi) is 5.49. The van der Waals surface area contributed by atoms with Crippen molar-refractivity contribution >= 4 is 6.09 Å². The average molecular weight is 297 g/mol. The molecule has 2 N–H and O–H groups in total. The van der Waals surface area contributed by atoms with Gasteiger partial charge in [0.05, 0.1) is 0 Å². The number of nitrogens with two attached hydrogens (primary N) is 1. The van der Waals surface area contributed by atoms with Crippen LogP contribution in [-0.2, 0) is 4.74 Å². The SMILES string of the molecule is CC(C)(C)OC(=O)N1CCN(C[C@H]2CC[C@H](N)CC2)CC1. The lowest BCUT2D eigenvalue weighted by molar-refractivity contribution is 0.0127. The van der Waals surface area contributed by atoms with Crippen LogP contribution in [0.3, 0.4) is 0 Å². The highest BCUT2D eigenvalue weighted by Crippen LogP contribution is 2.24. The zero-order valence-corrected chi connectivity index (χ0v) is 13.8. The van der Waals surface area contributed by atoms with Gasteiger partial charge in [0.1, 0.15) is 5.60 Å². The molecular weight excluding hydrogens is 266 g/mol. The molecule has 2 fully saturated rings. The van der Waals surface area contributed by atoms with Gasteiger partial charge in [-0.3, -0.25) is 4.90 Å². The van der Waals surface area contributed by atoms with Crippen molar-refractivity contribution in [2.24, 2.45) is 11.7 Å². The van der Waals surface area contributed by atoms with Crippen LogP contribution in [0.15, 0.2) is 0 Å². The molecule has 5 heteroatoms. The highest BCUT2D eigenvalue weighted by molar-refractivity contribution is 5.68. The first kappa shape index (κ1) is 16.6. The van der Waals surface area contributed by atoms with E-state index in [9.17, 15) is 4.79 Å². The lowest BCUT2D eigenvalue weighted by Gasteiger charge is -2.38. The Bertz CT molecular complexity index is 338. The number of carbonyl (C=O) groups excluding carboxylic acids is 1. The topological polar surface area (TPSA) is 58.8 Å². The smallest absolute Gasteiger partial charge is 0.410 e. The van der Waals surface area contributed by atoms with E-state index in [1.165, 1.54) is 25.7 Å². The van der Waals surface area contributed by atoms with Crippen LogP contribution >= 0.6 is 0 Å². The summed E-state index contributed by atoms with van der Waals surface area (Å²) in [4.78, 5) is 16.3. The van der Waals surface area contributed by atoms with E-state index in [1.807, 2.05) is 25.7 Å².